The number of nitrogen functional groups attached to an aromatic ring is 2. The van der Waals surface area contributed by atoms with E-state index in [-0.39, 0.29) is 63.6 Å². The number of aromatic hydroxyl groups is 1. The predicted octanol–water partition coefficient (Wildman–Crippen LogP) is 7.09. The van der Waals surface area contributed by atoms with Crippen LogP contribution in [0.3, 0.4) is 0 Å². The summed E-state index contributed by atoms with van der Waals surface area (Å²) < 4.78 is 34.2. The minimum atomic E-state index is -4.79. The molecule has 0 atom stereocenters. The maximum Gasteiger partial charge on any atom is 1.00 e. The zero-order valence-corrected chi connectivity index (χ0v) is 30.8. The van der Waals surface area contributed by atoms with Gasteiger partial charge in [-0.25, -0.2) is 4.79 Å². The van der Waals surface area contributed by atoms with Gasteiger partial charge in [0.15, 0.2) is 0 Å². The van der Waals surface area contributed by atoms with Crippen LogP contribution in [0.15, 0.2) is 163 Å². The van der Waals surface area contributed by atoms with Gasteiger partial charge in [0.1, 0.15) is 27.6 Å². The van der Waals surface area contributed by atoms with Gasteiger partial charge in [-0.2, -0.15) is 28.9 Å². The number of anilines is 2. The van der Waals surface area contributed by atoms with Crippen molar-refractivity contribution in [3.05, 3.63) is 133 Å². The number of hydrogen-bond acceptors (Lipinski definition) is 12. The van der Waals surface area contributed by atoms with Crippen molar-refractivity contribution in [2.75, 3.05) is 11.5 Å². The molecule has 258 valence electrons. The van der Waals surface area contributed by atoms with Crippen molar-refractivity contribution in [1.29, 1.82) is 0 Å². The van der Waals surface area contributed by atoms with Crippen LogP contribution >= 0.6 is 0 Å². The number of azo groups is 3. The Bertz CT molecular complexity index is 2480. The van der Waals surface area contributed by atoms with Gasteiger partial charge in [0.2, 0.25) is 0 Å². The Kier molecular flexibility index (Phi) is 11.9. The van der Waals surface area contributed by atoms with E-state index in [1.54, 1.807) is 48.5 Å². The van der Waals surface area contributed by atoms with Gasteiger partial charge in [-0.15, -0.1) is 10.2 Å². The molecule has 0 aliphatic carbocycles. The first kappa shape index (κ1) is 38.1. The van der Waals surface area contributed by atoms with E-state index in [1.165, 1.54) is 18.2 Å². The van der Waals surface area contributed by atoms with E-state index in [0.29, 0.717) is 17.1 Å². The van der Waals surface area contributed by atoms with Crippen molar-refractivity contribution < 1.29 is 57.5 Å². The molecule has 6 aromatic carbocycles. The number of carboxylic acids is 1. The molecular formula is C37H28N8NaO6S+. The molecule has 6 rings (SSSR count). The van der Waals surface area contributed by atoms with Gasteiger partial charge >= 0.3 is 35.5 Å². The SMILES string of the molecule is Nc1c(N=Nc2ccc(-c3ccc(N=Nc4ccc(O)c(C(=O)O)c4)cc3)cc2)cc(S(=O)(=O)O)c(N)c1N=Nc1ccc(-c2ccccc2)cc1.[Na+]. The summed E-state index contributed by atoms with van der Waals surface area (Å²) in [5, 5.41) is 43.6. The molecule has 53 heavy (non-hydrogen) atoms. The second kappa shape index (κ2) is 16.5. The van der Waals surface area contributed by atoms with E-state index in [4.69, 9.17) is 11.5 Å². The number of rotatable bonds is 10. The van der Waals surface area contributed by atoms with Crippen LogP contribution in [0.25, 0.3) is 22.3 Å². The Balaban J connectivity index is 0.00000541. The maximum absolute atomic E-state index is 12.2. The van der Waals surface area contributed by atoms with Gasteiger partial charge in [-0.05, 0) is 82.9 Å². The second-order valence-corrected chi connectivity index (χ2v) is 12.5. The fourth-order valence-electron chi connectivity index (χ4n) is 4.95. The van der Waals surface area contributed by atoms with Crippen LogP contribution in [0.2, 0.25) is 0 Å². The molecule has 0 bridgehead atoms. The normalized spacial score (nSPS) is 11.6. The Hall–Kier alpha value is -6.10. The zero-order chi connectivity index (χ0) is 36.8. The number of phenols is 1. The van der Waals surface area contributed by atoms with Gasteiger partial charge < -0.3 is 21.7 Å². The molecule has 0 saturated carbocycles. The van der Waals surface area contributed by atoms with E-state index in [1.807, 2.05) is 54.6 Å². The summed E-state index contributed by atoms with van der Waals surface area (Å²) in [6.45, 7) is 0. The Morgan fingerprint density at radius 2 is 0.981 bits per heavy atom. The van der Waals surface area contributed by atoms with Crippen LogP contribution in [0.5, 0.6) is 5.75 Å². The van der Waals surface area contributed by atoms with Crippen molar-refractivity contribution in [1.82, 2.24) is 0 Å². The third-order valence-corrected chi connectivity index (χ3v) is 8.56. The third kappa shape index (κ3) is 9.23. The summed E-state index contributed by atoms with van der Waals surface area (Å²) in [5.74, 6) is -1.64. The number of carbonyl (C=O) groups is 1. The number of aromatic carboxylic acids is 1. The summed E-state index contributed by atoms with van der Waals surface area (Å²) in [5.41, 5.74) is 16.6. The molecule has 0 unspecified atom stereocenters. The molecule has 0 aliphatic heterocycles. The Labute approximate surface area is 325 Å². The third-order valence-electron chi connectivity index (χ3n) is 7.67. The predicted molar refractivity (Wildman–Crippen MR) is 196 cm³/mol. The van der Waals surface area contributed by atoms with Crippen molar-refractivity contribution in [2.45, 2.75) is 4.90 Å². The number of nitrogens with two attached hydrogens (primary N) is 2. The molecular weight excluding hydrogens is 708 g/mol. The fraction of sp³-hybridized carbons (Fsp3) is 0. The van der Waals surface area contributed by atoms with E-state index in [0.717, 1.165) is 28.3 Å². The van der Waals surface area contributed by atoms with E-state index < -0.39 is 26.7 Å². The zero-order valence-electron chi connectivity index (χ0n) is 27.9. The fourth-order valence-corrected chi connectivity index (χ4v) is 5.59. The summed E-state index contributed by atoms with van der Waals surface area (Å²) in [6.07, 6.45) is 0. The molecule has 0 heterocycles. The standard InChI is InChI=1S/C37H28N8O6S.Na/c38-34-31(21-33(52(49,50)51)35(39)36(34)45-42-28-16-6-23(7-17-28)22-4-2-1-3-5-22)44-41-27-14-10-25(11-15-27)24-8-12-26(13-9-24)40-43-29-18-19-32(46)30(20-29)37(47)48;/h1-21,46H,38-39H2,(H,47,48)(H,49,50,51);/q;+1. The molecule has 14 nitrogen and oxygen atoms in total. The van der Waals surface area contributed by atoms with Gasteiger partial charge in [0, 0.05) is 0 Å². The molecule has 0 aromatic heterocycles. The quantitative estimate of drug-likeness (QED) is 0.0420. The largest absolute Gasteiger partial charge is 1.00 e. The summed E-state index contributed by atoms with van der Waals surface area (Å²) in [7, 11) is -4.79. The molecule has 0 fully saturated rings. The van der Waals surface area contributed by atoms with Crippen molar-refractivity contribution in [3.63, 3.8) is 0 Å². The molecule has 16 heteroatoms. The Morgan fingerprint density at radius 1 is 0.547 bits per heavy atom. The van der Waals surface area contributed by atoms with Crippen LogP contribution in [0.4, 0.5) is 45.5 Å². The maximum atomic E-state index is 12.2. The van der Waals surface area contributed by atoms with Gasteiger partial charge in [0.05, 0.1) is 34.1 Å². The van der Waals surface area contributed by atoms with E-state index in [2.05, 4.69) is 30.7 Å². The summed E-state index contributed by atoms with van der Waals surface area (Å²) in [4.78, 5) is 10.6. The first-order valence-corrected chi connectivity index (χ1v) is 16.8. The smallest absolute Gasteiger partial charge is 0.507 e. The number of hydrogen-bond donors (Lipinski definition) is 5. The van der Waals surface area contributed by atoms with E-state index >= 15 is 0 Å². The Morgan fingerprint density at radius 3 is 1.47 bits per heavy atom. The second-order valence-electron chi connectivity index (χ2n) is 11.2. The topological polar surface area (TPSA) is 238 Å². The molecule has 0 saturated heterocycles. The van der Waals surface area contributed by atoms with Crippen molar-refractivity contribution >= 4 is 61.6 Å². The average molecular weight is 736 g/mol. The molecule has 0 amide bonds. The minimum absolute atomic E-state index is 0. The molecule has 0 radical (unpaired) electrons. The van der Waals surface area contributed by atoms with Crippen LogP contribution in [-0.4, -0.2) is 29.2 Å². The monoisotopic (exact) mass is 735 g/mol. The van der Waals surface area contributed by atoms with Crippen LogP contribution in [0.1, 0.15) is 10.4 Å². The van der Waals surface area contributed by atoms with Crippen LogP contribution < -0.4 is 41.0 Å². The molecule has 0 spiro atoms. The summed E-state index contributed by atoms with van der Waals surface area (Å²) in [6, 6.07) is 35.9. The first-order chi connectivity index (χ1) is 25.0. The van der Waals surface area contributed by atoms with Crippen LogP contribution in [0, 0.1) is 0 Å². The first-order valence-electron chi connectivity index (χ1n) is 15.3. The van der Waals surface area contributed by atoms with Gasteiger partial charge in [-0.1, -0.05) is 66.7 Å². The van der Waals surface area contributed by atoms with Gasteiger partial charge in [0.25, 0.3) is 10.1 Å². The number of carboxylic acid groups (broad SMARTS) is 1. The van der Waals surface area contributed by atoms with E-state index in [9.17, 15) is 28.0 Å². The van der Waals surface area contributed by atoms with Crippen LogP contribution in [-0.2, 0) is 10.1 Å². The van der Waals surface area contributed by atoms with Crippen molar-refractivity contribution in [3.8, 4) is 28.0 Å². The number of nitrogens with zero attached hydrogens (tertiary/aromatic N) is 6. The molecule has 0 aliphatic rings. The minimum Gasteiger partial charge on any atom is -0.507 e. The number of benzene rings is 6. The average Bonchev–Trinajstić information content (AvgIpc) is 3.14. The summed E-state index contributed by atoms with van der Waals surface area (Å²) >= 11 is 0. The molecule has 6 aromatic rings. The molecule has 7 N–H and O–H groups in total. The van der Waals surface area contributed by atoms with Crippen molar-refractivity contribution in [2.24, 2.45) is 30.7 Å². The van der Waals surface area contributed by atoms with Gasteiger partial charge in [-0.3, -0.25) is 4.55 Å².